The fourth-order valence-electron chi connectivity index (χ4n) is 3.77. The van der Waals surface area contributed by atoms with Gasteiger partial charge in [-0.05, 0) is 63.6 Å². The number of benzene rings is 1. The van der Waals surface area contributed by atoms with Crippen LogP contribution in [-0.4, -0.2) is 60.0 Å². The number of carboxylic acid groups (broad SMARTS) is 1. The first kappa shape index (κ1) is 22.4. The maximum Gasteiger partial charge on any atom is 0.410 e. The minimum atomic E-state index is -0.894. The van der Waals surface area contributed by atoms with Crippen LogP contribution >= 0.6 is 0 Å². The fraction of sp³-hybridized carbons (Fsp3) is 0.636. The number of nitrogens with zero attached hydrogens (tertiary/aromatic N) is 1. The molecule has 3 rings (SSSR count). The van der Waals surface area contributed by atoms with E-state index in [1.54, 1.807) is 17.0 Å². The summed E-state index contributed by atoms with van der Waals surface area (Å²) in [6.45, 7) is 8.16. The summed E-state index contributed by atoms with van der Waals surface area (Å²) in [5, 5.41) is 9.58. The van der Waals surface area contributed by atoms with Crippen LogP contribution in [0.3, 0.4) is 0 Å². The van der Waals surface area contributed by atoms with Crippen molar-refractivity contribution in [1.82, 2.24) is 10.4 Å². The molecule has 1 aromatic rings. The summed E-state index contributed by atoms with van der Waals surface area (Å²) in [6, 6.07) is 7.20. The van der Waals surface area contributed by atoms with Crippen LogP contribution in [-0.2, 0) is 14.4 Å². The Morgan fingerprint density at radius 3 is 2.40 bits per heavy atom. The van der Waals surface area contributed by atoms with E-state index in [-0.39, 0.29) is 12.2 Å². The number of hydrogen-bond donors (Lipinski definition) is 2. The van der Waals surface area contributed by atoms with E-state index in [1.165, 1.54) is 0 Å². The molecule has 2 heterocycles. The number of rotatable bonds is 6. The minimum absolute atomic E-state index is 0.258. The highest BCUT2D eigenvalue weighted by Gasteiger charge is 2.33. The molecule has 2 fully saturated rings. The number of carbonyl (C=O) groups is 2. The first-order valence-electron chi connectivity index (χ1n) is 10.5. The van der Waals surface area contributed by atoms with E-state index in [4.69, 9.17) is 14.3 Å². The van der Waals surface area contributed by atoms with Gasteiger partial charge in [0.15, 0.2) is 0 Å². The predicted molar refractivity (Wildman–Crippen MR) is 110 cm³/mol. The van der Waals surface area contributed by atoms with Crippen LogP contribution in [0.5, 0.6) is 5.75 Å². The Kier molecular flexibility index (Phi) is 7.20. The third-order valence-electron chi connectivity index (χ3n) is 5.39. The Morgan fingerprint density at radius 1 is 1.20 bits per heavy atom. The van der Waals surface area contributed by atoms with Gasteiger partial charge in [-0.25, -0.2) is 10.3 Å². The number of aliphatic carboxylic acids is 1. The number of likely N-dealkylation sites (tertiary alicyclic amines) is 1. The van der Waals surface area contributed by atoms with Crippen LogP contribution in [0.2, 0.25) is 0 Å². The van der Waals surface area contributed by atoms with Gasteiger partial charge in [-0.3, -0.25) is 9.63 Å². The monoisotopic (exact) mass is 420 g/mol. The number of hydrogen-bond acceptors (Lipinski definition) is 6. The molecule has 8 nitrogen and oxygen atoms in total. The largest absolute Gasteiger partial charge is 0.493 e. The van der Waals surface area contributed by atoms with Crippen molar-refractivity contribution in [1.29, 1.82) is 0 Å². The molecule has 8 heteroatoms. The molecule has 1 amide bonds. The van der Waals surface area contributed by atoms with Crippen LogP contribution in [0.1, 0.15) is 51.5 Å². The minimum Gasteiger partial charge on any atom is -0.493 e. The van der Waals surface area contributed by atoms with Gasteiger partial charge in [0.25, 0.3) is 0 Å². The summed E-state index contributed by atoms with van der Waals surface area (Å²) < 4.78 is 11.3. The molecule has 1 aromatic carbocycles. The summed E-state index contributed by atoms with van der Waals surface area (Å²) in [6.07, 6.45) is 1.77. The van der Waals surface area contributed by atoms with Crippen LogP contribution < -0.4 is 10.2 Å². The van der Waals surface area contributed by atoms with Crippen LogP contribution in [0, 0.1) is 5.92 Å². The third-order valence-corrected chi connectivity index (χ3v) is 5.39. The second kappa shape index (κ2) is 9.66. The van der Waals surface area contributed by atoms with Gasteiger partial charge in [-0.1, -0.05) is 12.1 Å². The fourth-order valence-corrected chi connectivity index (χ4v) is 3.77. The molecular weight excluding hydrogens is 388 g/mol. The van der Waals surface area contributed by atoms with Gasteiger partial charge < -0.3 is 19.5 Å². The summed E-state index contributed by atoms with van der Waals surface area (Å²) >= 11 is 0. The highest BCUT2D eigenvalue weighted by atomic mass is 16.7. The Morgan fingerprint density at radius 2 is 1.87 bits per heavy atom. The molecule has 0 aromatic heterocycles. The molecule has 2 aliphatic heterocycles. The Hall–Kier alpha value is -2.32. The molecule has 0 aliphatic carbocycles. The lowest BCUT2D eigenvalue weighted by atomic mass is 9.92. The average molecular weight is 421 g/mol. The van der Waals surface area contributed by atoms with Crippen LogP contribution in [0.25, 0.3) is 0 Å². The molecule has 2 unspecified atom stereocenters. The van der Waals surface area contributed by atoms with Gasteiger partial charge in [0, 0.05) is 19.6 Å². The molecule has 0 spiro atoms. The lowest BCUT2D eigenvalue weighted by Crippen LogP contribution is -2.42. The third kappa shape index (κ3) is 6.09. The standard InChI is InChI=1S/C22H32N2O6/c1-22(2,3)29-21(27)24-12-9-15(10-13-24)14-28-17-6-4-16(5-7-17)19(20(25)26)18-8-11-23-30-18/h4-7,15,18-19,23H,8-14H2,1-3H3,(H,25,26). The lowest BCUT2D eigenvalue weighted by molar-refractivity contribution is -0.143. The number of carbonyl (C=O) groups excluding carboxylic acids is 1. The molecule has 0 saturated carbocycles. The first-order chi connectivity index (χ1) is 14.2. The van der Waals surface area contributed by atoms with E-state index in [1.807, 2.05) is 32.9 Å². The number of amides is 1. The molecule has 2 saturated heterocycles. The first-order valence-corrected chi connectivity index (χ1v) is 10.5. The lowest BCUT2D eigenvalue weighted by Gasteiger charge is -2.33. The van der Waals surface area contributed by atoms with Gasteiger partial charge in [0.2, 0.25) is 0 Å². The quantitative estimate of drug-likeness (QED) is 0.729. The van der Waals surface area contributed by atoms with Crippen molar-refractivity contribution in [3.63, 3.8) is 0 Å². The topological polar surface area (TPSA) is 97.3 Å². The van der Waals surface area contributed by atoms with E-state index in [9.17, 15) is 14.7 Å². The van der Waals surface area contributed by atoms with E-state index in [0.29, 0.717) is 49.9 Å². The van der Waals surface area contributed by atoms with E-state index >= 15 is 0 Å². The number of nitrogens with one attached hydrogen (secondary N) is 1. The van der Waals surface area contributed by atoms with Crippen molar-refractivity contribution in [2.24, 2.45) is 5.92 Å². The highest BCUT2D eigenvalue weighted by molar-refractivity contribution is 5.77. The second-order valence-corrected chi connectivity index (χ2v) is 8.95. The van der Waals surface area contributed by atoms with E-state index in [0.717, 1.165) is 12.8 Å². The zero-order valence-corrected chi connectivity index (χ0v) is 17.9. The normalized spacial score (nSPS) is 21.3. The maximum absolute atomic E-state index is 12.1. The molecule has 2 N–H and O–H groups in total. The molecule has 166 valence electrons. The van der Waals surface area contributed by atoms with Crippen molar-refractivity contribution >= 4 is 12.1 Å². The summed E-state index contributed by atoms with van der Waals surface area (Å²) in [5.41, 5.74) is 2.97. The highest BCUT2D eigenvalue weighted by Crippen LogP contribution is 2.28. The SMILES string of the molecule is CC(C)(C)OC(=O)N1CCC(COc2ccc(C(C(=O)O)C3CCNO3)cc2)CC1. The van der Waals surface area contributed by atoms with Crippen molar-refractivity contribution in [3.05, 3.63) is 29.8 Å². The van der Waals surface area contributed by atoms with Gasteiger partial charge in [0.05, 0.1) is 12.7 Å². The number of ether oxygens (including phenoxy) is 2. The van der Waals surface area contributed by atoms with Gasteiger partial charge in [0.1, 0.15) is 17.3 Å². The predicted octanol–water partition coefficient (Wildman–Crippen LogP) is 3.17. The van der Waals surface area contributed by atoms with E-state index in [2.05, 4.69) is 5.48 Å². The summed E-state index contributed by atoms with van der Waals surface area (Å²) in [7, 11) is 0. The van der Waals surface area contributed by atoms with E-state index < -0.39 is 17.5 Å². The summed E-state index contributed by atoms with van der Waals surface area (Å²) in [4.78, 5) is 30.9. The average Bonchev–Trinajstić information content (AvgIpc) is 3.20. The number of hydroxylamine groups is 1. The van der Waals surface area contributed by atoms with Gasteiger partial charge in [-0.15, -0.1) is 0 Å². The van der Waals surface area contributed by atoms with Crippen molar-refractivity contribution in [2.75, 3.05) is 26.2 Å². The second-order valence-electron chi connectivity index (χ2n) is 8.95. The van der Waals surface area contributed by atoms with Gasteiger partial charge in [-0.2, -0.15) is 0 Å². The van der Waals surface area contributed by atoms with Crippen LogP contribution in [0.4, 0.5) is 4.79 Å². The summed E-state index contributed by atoms with van der Waals surface area (Å²) in [5.74, 6) is -0.517. The molecule has 0 bridgehead atoms. The number of carboxylic acids is 1. The Balaban J connectivity index is 1.46. The van der Waals surface area contributed by atoms with Crippen LogP contribution in [0.15, 0.2) is 24.3 Å². The molecule has 2 aliphatic rings. The smallest absolute Gasteiger partial charge is 0.410 e. The van der Waals surface area contributed by atoms with Gasteiger partial charge >= 0.3 is 12.1 Å². The molecule has 2 atom stereocenters. The molecule has 30 heavy (non-hydrogen) atoms. The molecule has 0 radical (unpaired) electrons. The van der Waals surface area contributed by atoms with Crippen molar-refractivity contribution < 1.29 is 29.0 Å². The maximum atomic E-state index is 12.1. The zero-order chi connectivity index (χ0) is 21.7. The molecular formula is C22H32N2O6. The zero-order valence-electron chi connectivity index (χ0n) is 17.9. The Labute approximate surface area is 177 Å². The van der Waals surface area contributed by atoms with Crippen molar-refractivity contribution in [3.8, 4) is 5.75 Å². The van der Waals surface area contributed by atoms with Crippen molar-refractivity contribution in [2.45, 2.75) is 57.7 Å². The number of piperidine rings is 1. The Bertz CT molecular complexity index is 716.